The van der Waals surface area contributed by atoms with E-state index in [1.54, 1.807) is 12.4 Å². The Kier molecular flexibility index (Phi) is 5.18. The lowest BCUT2D eigenvalue weighted by molar-refractivity contribution is -0.147. The number of imide groups is 1. The second-order valence-electron chi connectivity index (χ2n) is 7.86. The number of imidazole rings is 1. The SMILES string of the molecule is CC(=O)N1CC(=O)N/C(=C\c2ncn(Cc3ccccc3)c2C(C)(C)C)C1=O. The number of hydrogen-bond acceptors (Lipinski definition) is 4. The van der Waals surface area contributed by atoms with Gasteiger partial charge in [0.05, 0.1) is 17.7 Å². The van der Waals surface area contributed by atoms with Crippen molar-refractivity contribution in [2.75, 3.05) is 6.54 Å². The molecule has 0 radical (unpaired) electrons. The lowest BCUT2D eigenvalue weighted by Crippen LogP contribution is -2.51. The summed E-state index contributed by atoms with van der Waals surface area (Å²) in [6.07, 6.45) is 3.29. The van der Waals surface area contributed by atoms with Crippen LogP contribution in [0.15, 0.2) is 42.4 Å². The molecule has 1 aromatic carbocycles. The summed E-state index contributed by atoms with van der Waals surface area (Å²) >= 11 is 0. The highest BCUT2D eigenvalue weighted by Gasteiger charge is 2.32. The molecule has 1 aliphatic rings. The molecule has 2 heterocycles. The van der Waals surface area contributed by atoms with E-state index in [1.807, 2.05) is 34.9 Å². The number of nitrogens with zero attached hydrogens (tertiary/aromatic N) is 3. The number of rotatable bonds is 3. The maximum absolute atomic E-state index is 12.6. The van der Waals surface area contributed by atoms with Gasteiger partial charge in [0.2, 0.25) is 11.8 Å². The number of piperazine rings is 1. The van der Waals surface area contributed by atoms with E-state index in [1.165, 1.54) is 6.92 Å². The van der Waals surface area contributed by atoms with Crippen molar-refractivity contribution in [2.24, 2.45) is 0 Å². The second kappa shape index (κ2) is 7.42. The molecule has 0 aliphatic carbocycles. The van der Waals surface area contributed by atoms with Crippen molar-refractivity contribution in [3.63, 3.8) is 0 Å². The standard InChI is InChI=1S/C21H24N4O3/c1-14(26)25-12-18(27)23-17(20(25)28)10-16-19(21(2,3)4)24(13-22-16)11-15-8-6-5-7-9-15/h5-10,13H,11-12H2,1-4H3,(H,23,27)/b17-10-. The predicted octanol–water partition coefficient (Wildman–Crippen LogP) is 2.07. The smallest absolute Gasteiger partial charge is 0.277 e. The van der Waals surface area contributed by atoms with E-state index in [4.69, 9.17) is 0 Å². The first-order valence-electron chi connectivity index (χ1n) is 9.10. The second-order valence-corrected chi connectivity index (χ2v) is 7.86. The molecule has 0 atom stereocenters. The van der Waals surface area contributed by atoms with Crippen LogP contribution in [0.5, 0.6) is 0 Å². The van der Waals surface area contributed by atoms with E-state index in [0.717, 1.165) is 16.2 Å². The summed E-state index contributed by atoms with van der Waals surface area (Å²) in [6, 6.07) is 10.0. The van der Waals surface area contributed by atoms with Gasteiger partial charge >= 0.3 is 0 Å². The molecule has 146 valence electrons. The van der Waals surface area contributed by atoms with E-state index in [-0.39, 0.29) is 17.7 Å². The van der Waals surface area contributed by atoms with Crippen molar-refractivity contribution in [3.05, 3.63) is 59.3 Å². The van der Waals surface area contributed by atoms with Gasteiger partial charge in [-0.05, 0) is 11.6 Å². The van der Waals surface area contributed by atoms with Crippen molar-refractivity contribution in [2.45, 2.75) is 39.7 Å². The summed E-state index contributed by atoms with van der Waals surface area (Å²) in [5.74, 6) is -1.39. The fourth-order valence-electron chi connectivity index (χ4n) is 3.31. The highest BCUT2D eigenvalue weighted by molar-refractivity contribution is 6.12. The molecule has 0 unspecified atom stereocenters. The third-order valence-electron chi connectivity index (χ3n) is 4.48. The van der Waals surface area contributed by atoms with Crippen molar-refractivity contribution >= 4 is 23.8 Å². The van der Waals surface area contributed by atoms with Crippen molar-refractivity contribution < 1.29 is 14.4 Å². The molecule has 7 nitrogen and oxygen atoms in total. The van der Waals surface area contributed by atoms with Crippen LogP contribution in [0.2, 0.25) is 0 Å². The summed E-state index contributed by atoms with van der Waals surface area (Å²) in [6.45, 7) is 7.84. The number of nitrogens with one attached hydrogen (secondary N) is 1. The highest BCUT2D eigenvalue weighted by atomic mass is 16.2. The Hall–Kier alpha value is -3.22. The zero-order valence-electron chi connectivity index (χ0n) is 16.5. The average Bonchev–Trinajstić information content (AvgIpc) is 3.01. The van der Waals surface area contributed by atoms with E-state index in [2.05, 4.69) is 31.1 Å². The molecule has 7 heteroatoms. The van der Waals surface area contributed by atoms with E-state index in [0.29, 0.717) is 12.2 Å². The van der Waals surface area contributed by atoms with Gasteiger partial charge in [-0.25, -0.2) is 4.98 Å². The normalized spacial score (nSPS) is 16.4. The molecule has 0 spiro atoms. The zero-order chi connectivity index (χ0) is 20.5. The van der Waals surface area contributed by atoms with Gasteiger partial charge in [0.15, 0.2) is 0 Å². The first-order chi connectivity index (χ1) is 13.2. The summed E-state index contributed by atoms with van der Waals surface area (Å²) < 4.78 is 2.04. The van der Waals surface area contributed by atoms with Crippen LogP contribution in [-0.2, 0) is 26.3 Å². The van der Waals surface area contributed by atoms with Crippen LogP contribution in [0.4, 0.5) is 0 Å². The van der Waals surface area contributed by atoms with Gasteiger partial charge in [0, 0.05) is 18.9 Å². The summed E-state index contributed by atoms with van der Waals surface area (Å²) in [4.78, 5) is 41.6. The molecule has 1 N–H and O–H groups in total. The number of benzene rings is 1. The molecule has 1 saturated heterocycles. The van der Waals surface area contributed by atoms with Gasteiger partial charge in [0.1, 0.15) is 12.2 Å². The first-order valence-corrected chi connectivity index (χ1v) is 9.10. The fraction of sp³-hybridized carbons (Fsp3) is 0.333. The van der Waals surface area contributed by atoms with Gasteiger partial charge in [-0.1, -0.05) is 51.1 Å². The fourth-order valence-corrected chi connectivity index (χ4v) is 3.31. The van der Waals surface area contributed by atoms with E-state index < -0.39 is 17.7 Å². The van der Waals surface area contributed by atoms with Gasteiger partial charge in [-0.2, -0.15) is 0 Å². The topological polar surface area (TPSA) is 84.3 Å². The van der Waals surface area contributed by atoms with Crippen molar-refractivity contribution in [1.29, 1.82) is 0 Å². The minimum atomic E-state index is -0.524. The Morgan fingerprint density at radius 1 is 1.21 bits per heavy atom. The minimum Gasteiger partial charge on any atom is -0.329 e. The molecule has 0 saturated carbocycles. The maximum Gasteiger partial charge on any atom is 0.277 e. The van der Waals surface area contributed by atoms with Gasteiger partial charge < -0.3 is 9.88 Å². The molecule has 3 rings (SSSR count). The van der Waals surface area contributed by atoms with Crippen LogP contribution >= 0.6 is 0 Å². The summed E-state index contributed by atoms with van der Waals surface area (Å²) in [5, 5.41) is 2.57. The van der Waals surface area contributed by atoms with Crippen LogP contribution < -0.4 is 5.32 Å². The summed E-state index contributed by atoms with van der Waals surface area (Å²) in [5.41, 5.74) is 2.47. The van der Waals surface area contributed by atoms with Crippen LogP contribution in [-0.4, -0.2) is 38.7 Å². The quantitative estimate of drug-likeness (QED) is 0.827. The number of carbonyl (C=O) groups is 3. The van der Waals surface area contributed by atoms with Crippen LogP contribution in [0.25, 0.3) is 6.08 Å². The van der Waals surface area contributed by atoms with Crippen LogP contribution in [0, 0.1) is 0 Å². The van der Waals surface area contributed by atoms with Crippen molar-refractivity contribution in [1.82, 2.24) is 19.8 Å². The number of hydrogen-bond donors (Lipinski definition) is 1. The molecule has 3 amide bonds. The van der Waals surface area contributed by atoms with Crippen LogP contribution in [0.1, 0.15) is 44.6 Å². The Balaban J connectivity index is 2.02. The third kappa shape index (κ3) is 4.03. The maximum atomic E-state index is 12.6. The molecular formula is C21H24N4O3. The van der Waals surface area contributed by atoms with Crippen molar-refractivity contribution in [3.8, 4) is 0 Å². The third-order valence-corrected chi connectivity index (χ3v) is 4.48. The molecule has 1 aliphatic heterocycles. The Morgan fingerprint density at radius 2 is 1.89 bits per heavy atom. The molecule has 0 bridgehead atoms. The summed E-state index contributed by atoms with van der Waals surface area (Å²) in [7, 11) is 0. The van der Waals surface area contributed by atoms with Gasteiger partial charge in [-0.3, -0.25) is 19.3 Å². The molecule has 1 aromatic heterocycles. The monoisotopic (exact) mass is 380 g/mol. The van der Waals surface area contributed by atoms with E-state index >= 15 is 0 Å². The predicted molar refractivity (Wildman–Crippen MR) is 105 cm³/mol. The van der Waals surface area contributed by atoms with Crippen LogP contribution in [0.3, 0.4) is 0 Å². The van der Waals surface area contributed by atoms with Gasteiger partial charge in [-0.15, -0.1) is 0 Å². The molecule has 1 fully saturated rings. The number of carbonyl (C=O) groups excluding carboxylic acids is 3. The Bertz CT molecular complexity index is 952. The molecule has 2 aromatic rings. The lowest BCUT2D eigenvalue weighted by Gasteiger charge is -2.26. The van der Waals surface area contributed by atoms with Gasteiger partial charge in [0.25, 0.3) is 5.91 Å². The number of aromatic nitrogens is 2. The largest absolute Gasteiger partial charge is 0.329 e. The Morgan fingerprint density at radius 3 is 2.50 bits per heavy atom. The first kappa shape index (κ1) is 19.5. The average molecular weight is 380 g/mol. The van der Waals surface area contributed by atoms with E-state index in [9.17, 15) is 14.4 Å². The molecule has 28 heavy (non-hydrogen) atoms. The zero-order valence-corrected chi connectivity index (χ0v) is 16.5. The lowest BCUT2D eigenvalue weighted by atomic mass is 9.89. The Labute approximate surface area is 164 Å². The molecular weight excluding hydrogens is 356 g/mol. The minimum absolute atomic E-state index is 0.0573. The highest BCUT2D eigenvalue weighted by Crippen LogP contribution is 2.28. The number of amides is 3.